The zero-order valence-electron chi connectivity index (χ0n) is 30.7. The second kappa shape index (κ2) is 13.2. The van der Waals surface area contributed by atoms with Gasteiger partial charge < -0.3 is 9.47 Å². The molecule has 0 aliphatic heterocycles. The fraction of sp³-hybridized carbons (Fsp3) is 0. The van der Waals surface area contributed by atoms with Crippen LogP contribution in [0.3, 0.4) is 0 Å². The summed E-state index contributed by atoms with van der Waals surface area (Å²) in [5.41, 5.74) is 11.7. The van der Waals surface area contributed by atoms with Crippen LogP contribution in [-0.2, 0) is 0 Å². The molecule has 0 spiro atoms. The van der Waals surface area contributed by atoms with Crippen molar-refractivity contribution in [3.8, 4) is 27.9 Å². The third-order valence-electron chi connectivity index (χ3n) is 11.3. The van der Waals surface area contributed by atoms with Crippen molar-refractivity contribution in [2.24, 2.45) is 0 Å². The Bertz CT molecular complexity index is 3230. The number of anilines is 3. The van der Waals surface area contributed by atoms with Crippen LogP contribution in [-0.4, -0.2) is 4.57 Å². The van der Waals surface area contributed by atoms with Gasteiger partial charge in [0, 0.05) is 33.2 Å². The SMILES string of the molecule is c1ccc(-c2ccc(N(c3cccc(-c4cccc5c4c4cc6ccccc6cc4n5-c4ccccc4)c3)c3cc4ccccc4c4ccccc34)cc2)cc1. The molecule has 2 nitrogen and oxygen atoms in total. The van der Waals surface area contributed by atoms with E-state index < -0.39 is 0 Å². The zero-order chi connectivity index (χ0) is 37.0. The largest absolute Gasteiger partial charge is 0.310 e. The van der Waals surface area contributed by atoms with E-state index in [-0.39, 0.29) is 0 Å². The van der Waals surface area contributed by atoms with E-state index >= 15 is 0 Å². The molecular weight excluding hydrogens is 677 g/mol. The van der Waals surface area contributed by atoms with Crippen molar-refractivity contribution in [1.82, 2.24) is 4.57 Å². The number of hydrogen-bond acceptors (Lipinski definition) is 1. The van der Waals surface area contributed by atoms with Gasteiger partial charge in [-0.15, -0.1) is 0 Å². The molecule has 0 atom stereocenters. The van der Waals surface area contributed by atoms with E-state index in [1.54, 1.807) is 0 Å². The summed E-state index contributed by atoms with van der Waals surface area (Å²) in [7, 11) is 0. The average molecular weight is 713 g/mol. The quantitative estimate of drug-likeness (QED) is 0.156. The molecule has 11 aromatic rings. The van der Waals surface area contributed by atoms with E-state index in [2.05, 4.69) is 228 Å². The average Bonchev–Trinajstić information content (AvgIpc) is 3.60. The lowest BCUT2D eigenvalue weighted by molar-refractivity contribution is 1.18. The summed E-state index contributed by atoms with van der Waals surface area (Å²) in [6.07, 6.45) is 0. The van der Waals surface area contributed by atoms with Crippen molar-refractivity contribution >= 4 is 71.2 Å². The number of benzene rings is 10. The van der Waals surface area contributed by atoms with Gasteiger partial charge in [-0.2, -0.15) is 0 Å². The van der Waals surface area contributed by atoms with Crippen LogP contribution in [0, 0.1) is 0 Å². The molecule has 2 heteroatoms. The van der Waals surface area contributed by atoms with E-state index in [0.29, 0.717) is 0 Å². The van der Waals surface area contributed by atoms with E-state index in [1.807, 2.05) is 0 Å². The summed E-state index contributed by atoms with van der Waals surface area (Å²) in [6, 6.07) is 79.5. The number of hydrogen-bond donors (Lipinski definition) is 0. The molecule has 10 aromatic carbocycles. The smallest absolute Gasteiger partial charge is 0.0547 e. The van der Waals surface area contributed by atoms with E-state index in [4.69, 9.17) is 0 Å². The molecule has 0 aliphatic rings. The summed E-state index contributed by atoms with van der Waals surface area (Å²) in [6.45, 7) is 0. The van der Waals surface area contributed by atoms with Crippen LogP contribution in [0.2, 0.25) is 0 Å². The molecule has 56 heavy (non-hydrogen) atoms. The van der Waals surface area contributed by atoms with Crippen LogP contribution in [0.1, 0.15) is 0 Å². The molecule has 0 fully saturated rings. The van der Waals surface area contributed by atoms with Crippen molar-refractivity contribution < 1.29 is 0 Å². The fourth-order valence-electron chi connectivity index (χ4n) is 8.74. The van der Waals surface area contributed by atoms with Crippen LogP contribution >= 0.6 is 0 Å². The Balaban J connectivity index is 1.16. The first-order chi connectivity index (χ1) is 27.8. The van der Waals surface area contributed by atoms with Gasteiger partial charge in [-0.05, 0) is 110 Å². The first kappa shape index (κ1) is 32.0. The molecule has 0 aliphatic carbocycles. The molecule has 0 bridgehead atoms. The van der Waals surface area contributed by atoms with Crippen LogP contribution in [0.25, 0.3) is 82.1 Å². The van der Waals surface area contributed by atoms with Gasteiger partial charge in [0.15, 0.2) is 0 Å². The van der Waals surface area contributed by atoms with Crippen LogP contribution in [0.15, 0.2) is 218 Å². The van der Waals surface area contributed by atoms with Gasteiger partial charge in [-0.1, -0.05) is 158 Å². The third-order valence-corrected chi connectivity index (χ3v) is 11.3. The topological polar surface area (TPSA) is 8.17 Å². The maximum Gasteiger partial charge on any atom is 0.0547 e. The Kier molecular flexibility index (Phi) is 7.53. The van der Waals surface area contributed by atoms with Gasteiger partial charge >= 0.3 is 0 Å². The second-order valence-corrected chi connectivity index (χ2v) is 14.5. The van der Waals surface area contributed by atoms with Gasteiger partial charge in [0.25, 0.3) is 0 Å². The maximum atomic E-state index is 2.44. The summed E-state index contributed by atoms with van der Waals surface area (Å²) in [5.74, 6) is 0. The van der Waals surface area contributed by atoms with Crippen molar-refractivity contribution in [2.45, 2.75) is 0 Å². The molecule has 0 N–H and O–H groups in total. The summed E-state index contributed by atoms with van der Waals surface area (Å²) < 4.78 is 2.42. The summed E-state index contributed by atoms with van der Waals surface area (Å²) in [4.78, 5) is 2.44. The number of nitrogens with zero attached hydrogens (tertiary/aromatic N) is 2. The lowest BCUT2D eigenvalue weighted by atomic mass is 9.96. The number of fused-ring (bicyclic) bond motifs is 7. The predicted octanol–water partition coefficient (Wildman–Crippen LogP) is 15.0. The summed E-state index contributed by atoms with van der Waals surface area (Å²) >= 11 is 0. The maximum absolute atomic E-state index is 2.44. The van der Waals surface area contributed by atoms with Gasteiger partial charge in [0.2, 0.25) is 0 Å². The minimum absolute atomic E-state index is 1.10. The van der Waals surface area contributed by atoms with E-state index in [0.717, 1.165) is 22.7 Å². The standard InChI is InChI=1S/C54H36N2/c1-3-15-37(16-4-1)38-29-31-44(32-30-38)55(52-36-42-19-9-10-24-46(42)48-25-11-12-26-49(48)52)45-23-13-20-41(33-45)47-27-14-28-51-54(47)50-34-39-17-7-8-18-40(39)35-53(50)56(51)43-21-5-2-6-22-43/h1-36H. The molecule has 0 saturated heterocycles. The molecule has 0 unspecified atom stereocenters. The van der Waals surface area contributed by atoms with Crippen molar-refractivity contribution in [3.05, 3.63) is 218 Å². The first-order valence-corrected chi connectivity index (χ1v) is 19.3. The Morgan fingerprint density at radius 2 is 0.929 bits per heavy atom. The van der Waals surface area contributed by atoms with Crippen LogP contribution < -0.4 is 4.90 Å². The lowest BCUT2D eigenvalue weighted by Crippen LogP contribution is -2.10. The Hall–Kier alpha value is -7.42. The van der Waals surface area contributed by atoms with Crippen molar-refractivity contribution in [3.63, 3.8) is 0 Å². The highest BCUT2D eigenvalue weighted by molar-refractivity contribution is 6.19. The van der Waals surface area contributed by atoms with E-state index in [1.165, 1.54) is 76.4 Å². The molecule has 0 radical (unpaired) electrons. The number of aromatic nitrogens is 1. The van der Waals surface area contributed by atoms with Crippen molar-refractivity contribution in [1.29, 1.82) is 0 Å². The third kappa shape index (κ3) is 5.26. The number of para-hydroxylation sites is 1. The highest BCUT2D eigenvalue weighted by Gasteiger charge is 2.21. The molecule has 0 amide bonds. The predicted molar refractivity (Wildman–Crippen MR) is 239 cm³/mol. The molecule has 262 valence electrons. The monoisotopic (exact) mass is 712 g/mol. The Morgan fingerprint density at radius 1 is 0.321 bits per heavy atom. The fourth-order valence-corrected chi connectivity index (χ4v) is 8.74. The van der Waals surface area contributed by atoms with Crippen molar-refractivity contribution in [2.75, 3.05) is 4.90 Å². The lowest BCUT2D eigenvalue weighted by Gasteiger charge is -2.28. The van der Waals surface area contributed by atoms with E-state index in [9.17, 15) is 0 Å². The minimum Gasteiger partial charge on any atom is -0.310 e. The Labute approximate surface area is 325 Å². The first-order valence-electron chi connectivity index (χ1n) is 19.3. The highest BCUT2D eigenvalue weighted by atomic mass is 15.1. The summed E-state index contributed by atoms with van der Waals surface area (Å²) in [5, 5.41) is 9.91. The normalized spacial score (nSPS) is 11.6. The molecule has 11 rings (SSSR count). The highest BCUT2D eigenvalue weighted by Crippen LogP contribution is 2.45. The van der Waals surface area contributed by atoms with Crippen LogP contribution in [0.4, 0.5) is 17.1 Å². The zero-order valence-corrected chi connectivity index (χ0v) is 30.7. The number of rotatable bonds is 6. The molecule has 1 aromatic heterocycles. The Morgan fingerprint density at radius 3 is 1.71 bits per heavy atom. The molecule has 1 heterocycles. The molecule has 0 saturated carbocycles. The van der Waals surface area contributed by atoms with Gasteiger partial charge in [0.05, 0.1) is 16.7 Å². The molecular formula is C54H36N2. The minimum atomic E-state index is 1.10. The van der Waals surface area contributed by atoms with Crippen LogP contribution in [0.5, 0.6) is 0 Å². The van der Waals surface area contributed by atoms with Gasteiger partial charge in [-0.25, -0.2) is 0 Å². The van der Waals surface area contributed by atoms with Gasteiger partial charge in [-0.3, -0.25) is 0 Å². The van der Waals surface area contributed by atoms with Gasteiger partial charge in [0.1, 0.15) is 0 Å². The second-order valence-electron chi connectivity index (χ2n) is 14.5.